The van der Waals surface area contributed by atoms with Crippen molar-refractivity contribution < 1.29 is 9.72 Å². The summed E-state index contributed by atoms with van der Waals surface area (Å²) in [7, 11) is 1.75. The smallest absolute Gasteiger partial charge is 0.284 e. The van der Waals surface area contributed by atoms with Gasteiger partial charge in [-0.2, -0.15) is 0 Å². The van der Waals surface area contributed by atoms with E-state index in [1.807, 2.05) is 13.8 Å². The third-order valence-electron chi connectivity index (χ3n) is 4.49. The minimum absolute atomic E-state index is 0.145. The van der Waals surface area contributed by atoms with Gasteiger partial charge >= 0.3 is 0 Å². The number of carbonyl (C=O) groups is 1. The second kappa shape index (κ2) is 9.67. The summed E-state index contributed by atoms with van der Waals surface area (Å²) >= 11 is 13.2. The lowest BCUT2D eigenvalue weighted by Crippen LogP contribution is -2.36. The normalized spacial score (nSPS) is 11.0. The molecule has 0 bridgehead atoms. The molecule has 1 amide bonds. The van der Waals surface area contributed by atoms with Crippen LogP contribution in [-0.2, 0) is 13.6 Å². The highest BCUT2D eigenvalue weighted by Crippen LogP contribution is 2.34. The summed E-state index contributed by atoms with van der Waals surface area (Å²) in [5.74, 6) is -0.320. The Hall–Kier alpha value is -2.62. The molecule has 3 aromatic rings. The van der Waals surface area contributed by atoms with Crippen molar-refractivity contribution in [3.05, 3.63) is 74.0 Å². The molecule has 1 aromatic heterocycles. The van der Waals surface area contributed by atoms with Crippen LogP contribution in [0.4, 0.5) is 5.69 Å². The van der Waals surface area contributed by atoms with Crippen LogP contribution in [0.25, 0.3) is 0 Å². The molecule has 162 valence electrons. The number of aromatic nitrogens is 3. The van der Waals surface area contributed by atoms with E-state index >= 15 is 0 Å². The van der Waals surface area contributed by atoms with Crippen molar-refractivity contribution in [2.75, 3.05) is 0 Å². The van der Waals surface area contributed by atoms with Gasteiger partial charge in [-0.05, 0) is 55.4 Å². The molecule has 0 radical (unpaired) electrons. The second-order valence-corrected chi connectivity index (χ2v) is 8.86. The number of nitro benzene ring substituents is 1. The van der Waals surface area contributed by atoms with Crippen molar-refractivity contribution in [1.82, 2.24) is 19.7 Å². The van der Waals surface area contributed by atoms with Crippen LogP contribution in [0.2, 0.25) is 10.0 Å². The number of rotatable bonds is 7. The number of hydrogen-bond acceptors (Lipinski definition) is 6. The van der Waals surface area contributed by atoms with Crippen molar-refractivity contribution in [2.24, 2.45) is 7.05 Å². The van der Waals surface area contributed by atoms with E-state index < -0.39 is 4.92 Å². The van der Waals surface area contributed by atoms with Gasteiger partial charge in [0.25, 0.3) is 11.6 Å². The van der Waals surface area contributed by atoms with Gasteiger partial charge in [0.05, 0.1) is 19.9 Å². The number of benzene rings is 2. The largest absolute Gasteiger partial charge is 0.332 e. The molecule has 0 aliphatic heterocycles. The van der Waals surface area contributed by atoms with Crippen LogP contribution in [0, 0.1) is 10.1 Å². The predicted octanol–water partition coefficient (Wildman–Crippen LogP) is 5.23. The zero-order chi connectivity index (χ0) is 22.7. The molecule has 0 saturated carbocycles. The number of aryl methyl sites for hydroxylation is 1. The Morgan fingerprint density at radius 3 is 2.55 bits per heavy atom. The van der Waals surface area contributed by atoms with E-state index in [2.05, 4.69) is 10.2 Å². The van der Waals surface area contributed by atoms with E-state index in [-0.39, 0.29) is 29.7 Å². The van der Waals surface area contributed by atoms with E-state index in [4.69, 9.17) is 23.2 Å². The molecule has 0 fully saturated rings. The Morgan fingerprint density at radius 2 is 1.97 bits per heavy atom. The van der Waals surface area contributed by atoms with Gasteiger partial charge in [-0.15, -0.1) is 10.2 Å². The molecule has 0 aliphatic carbocycles. The molecule has 0 unspecified atom stereocenters. The van der Waals surface area contributed by atoms with Crippen molar-refractivity contribution in [1.29, 1.82) is 0 Å². The van der Waals surface area contributed by atoms with E-state index in [1.54, 1.807) is 46.8 Å². The SMILES string of the molecule is CC(C)N(Cc1ccc(Cl)c(Cl)c1)C(=O)c1ccc(Sc2nncn2C)c([N+](=O)[O-])c1. The molecule has 0 aliphatic rings. The van der Waals surface area contributed by atoms with Crippen LogP contribution >= 0.6 is 35.0 Å². The molecule has 11 heteroatoms. The van der Waals surface area contributed by atoms with Gasteiger partial charge in [-0.3, -0.25) is 14.9 Å². The number of halogens is 2. The highest BCUT2D eigenvalue weighted by molar-refractivity contribution is 7.99. The number of carbonyl (C=O) groups excluding carboxylic acids is 1. The zero-order valence-electron chi connectivity index (χ0n) is 17.0. The number of nitrogens with zero attached hydrogens (tertiary/aromatic N) is 5. The fraction of sp³-hybridized carbons (Fsp3) is 0.250. The molecule has 0 N–H and O–H groups in total. The highest BCUT2D eigenvalue weighted by Gasteiger charge is 2.24. The van der Waals surface area contributed by atoms with Gasteiger partial charge in [0, 0.05) is 31.3 Å². The first-order valence-corrected chi connectivity index (χ1v) is 10.8. The molecule has 8 nitrogen and oxygen atoms in total. The van der Waals surface area contributed by atoms with Crippen LogP contribution in [0.5, 0.6) is 0 Å². The summed E-state index contributed by atoms with van der Waals surface area (Å²) in [4.78, 5) is 26.4. The lowest BCUT2D eigenvalue weighted by molar-refractivity contribution is -0.387. The fourth-order valence-electron chi connectivity index (χ4n) is 2.83. The third kappa shape index (κ3) is 5.36. The van der Waals surface area contributed by atoms with Gasteiger partial charge in [-0.1, -0.05) is 29.3 Å². The maximum Gasteiger partial charge on any atom is 0.284 e. The van der Waals surface area contributed by atoms with Crippen molar-refractivity contribution >= 4 is 46.6 Å². The molecule has 1 heterocycles. The van der Waals surface area contributed by atoms with Gasteiger partial charge in [0.2, 0.25) is 0 Å². The van der Waals surface area contributed by atoms with Crippen LogP contribution in [0.3, 0.4) is 0 Å². The van der Waals surface area contributed by atoms with Crippen LogP contribution in [0.1, 0.15) is 29.8 Å². The van der Waals surface area contributed by atoms with Crippen LogP contribution < -0.4 is 0 Å². The van der Waals surface area contributed by atoms with Gasteiger partial charge in [-0.25, -0.2) is 0 Å². The van der Waals surface area contributed by atoms with Crippen LogP contribution in [0.15, 0.2) is 52.8 Å². The van der Waals surface area contributed by atoms with Crippen molar-refractivity contribution in [3.8, 4) is 0 Å². The lowest BCUT2D eigenvalue weighted by Gasteiger charge is -2.27. The van der Waals surface area contributed by atoms with E-state index in [9.17, 15) is 14.9 Å². The Bertz CT molecular complexity index is 1140. The molecular weight excluding hydrogens is 461 g/mol. The average Bonchev–Trinajstić information content (AvgIpc) is 3.12. The van der Waals surface area contributed by atoms with Gasteiger partial charge < -0.3 is 9.47 Å². The topological polar surface area (TPSA) is 94.2 Å². The molecular formula is C20H19Cl2N5O3S. The summed E-state index contributed by atoms with van der Waals surface area (Å²) in [6, 6.07) is 9.46. The summed E-state index contributed by atoms with van der Waals surface area (Å²) in [6.07, 6.45) is 1.51. The molecule has 31 heavy (non-hydrogen) atoms. The lowest BCUT2D eigenvalue weighted by atomic mass is 10.1. The first kappa shape index (κ1) is 23.1. The summed E-state index contributed by atoms with van der Waals surface area (Å²) in [5.41, 5.74) is 0.861. The molecule has 0 saturated heterocycles. The average molecular weight is 480 g/mol. The Balaban J connectivity index is 1.90. The van der Waals surface area contributed by atoms with Crippen LogP contribution in [-0.4, -0.2) is 36.5 Å². The minimum Gasteiger partial charge on any atom is -0.332 e. The summed E-state index contributed by atoms with van der Waals surface area (Å²) in [6.45, 7) is 4.04. The monoisotopic (exact) mass is 479 g/mol. The van der Waals surface area contributed by atoms with Crippen molar-refractivity contribution in [2.45, 2.75) is 36.5 Å². The van der Waals surface area contributed by atoms with E-state index in [0.717, 1.165) is 17.3 Å². The third-order valence-corrected chi connectivity index (χ3v) is 6.35. The zero-order valence-corrected chi connectivity index (χ0v) is 19.3. The van der Waals surface area contributed by atoms with Crippen molar-refractivity contribution in [3.63, 3.8) is 0 Å². The predicted molar refractivity (Wildman–Crippen MR) is 120 cm³/mol. The molecule has 2 aromatic carbocycles. The summed E-state index contributed by atoms with van der Waals surface area (Å²) < 4.78 is 1.66. The molecule has 3 rings (SSSR count). The number of nitro groups is 1. The summed E-state index contributed by atoms with van der Waals surface area (Å²) in [5, 5.41) is 20.7. The second-order valence-electron chi connectivity index (χ2n) is 7.04. The maximum absolute atomic E-state index is 13.2. The fourth-order valence-corrected chi connectivity index (χ4v) is 4.00. The molecule has 0 spiro atoms. The quantitative estimate of drug-likeness (QED) is 0.340. The van der Waals surface area contributed by atoms with Gasteiger partial charge in [0.1, 0.15) is 6.33 Å². The first-order chi connectivity index (χ1) is 14.7. The van der Waals surface area contributed by atoms with E-state index in [1.165, 1.54) is 12.4 Å². The highest BCUT2D eigenvalue weighted by atomic mass is 35.5. The first-order valence-electron chi connectivity index (χ1n) is 9.22. The Morgan fingerprint density at radius 1 is 1.23 bits per heavy atom. The Labute approximate surface area is 193 Å². The Kier molecular flexibility index (Phi) is 7.19. The molecule has 0 atom stereocenters. The standard InChI is InChI=1S/C20H19Cl2N5O3S/c1-12(2)26(10-13-4-6-15(21)16(22)8-13)19(28)14-5-7-18(17(9-14)27(29)30)31-20-24-23-11-25(20)3/h4-9,11-12H,10H2,1-3H3. The number of amides is 1. The number of hydrogen-bond donors (Lipinski definition) is 0. The minimum atomic E-state index is -0.506. The van der Waals surface area contributed by atoms with Gasteiger partial charge in [0.15, 0.2) is 5.16 Å². The maximum atomic E-state index is 13.2. The van der Waals surface area contributed by atoms with E-state index in [0.29, 0.717) is 20.1 Å².